The van der Waals surface area contributed by atoms with Crippen LogP contribution in [0.3, 0.4) is 0 Å². The van der Waals surface area contributed by atoms with Crippen molar-refractivity contribution in [2.45, 2.75) is 39.8 Å². The fourth-order valence-corrected chi connectivity index (χ4v) is 1.90. The smallest absolute Gasteiger partial charge is 0.221 e. The molecule has 1 aromatic carbocycles. The van der Waals surface area contributed by atoms with Crippen molar-refractivity contribution in [1.82, 2.24) is 0 Å². The van der Waals surface area contributed by atoms with E-state index in [4.69, 9.17) is 4.74 Å². The van der Waals surface area contributed by atoms with Crippen LogP contribution in [0.5, 0.6) is 5.75 Å². The molecular formula is C16H25N2O4+. The summed E-state index contributed by atoms with van der Waals surface area (Å²) in [5, 5.41) is 14.5. The predicted octanol–water partition coefficient (Wildman–Crippen LogP) is 0.559. The van der Waals surface area contributed by atoms with Crippen molar-refractivity contribution < 1.29 is 24.7 Å². The van der Waals surface area contributed by atoms with Crippen LogP contribution in [0, 0.1) is 0 Å². The molecule has 6 nitrogen and oxygen atoms in total. The molecule has 0 saturated heterocycles. The van der Waals surface area contributed by atoms with Gasteiger partial charge in [0.25, 0.3) is 0 Å². The van der Waals surface area contributed by atoms with Gasteiger partial charge in [0.15, 0.2) is 5.78 Å². The van der Waals surface area contributed by atoms with Crippen LogP contribution in [-0.2, 0) is 4.79 Å². The molecule has 0 unspecified atom stereocenters. The van der Waals surface area contributed by atoms with E-state index in [-0.39, 0.29) is 18.3 Å². The molecule has 22 heavy (non-hydrogen) atoms. The van der Waals surface area contributed by atoms with Crippen molar-refractivity contribution in [3.63, 3.8) is 0 Å². The molecule has 0 radical (unpaired) electrons. The van der Waals surface area contributed by atoms with Crippen LogP contribution in [0.1, 0.15) is 38.1 Å². The summed E-state index contributed by atoms with van der Waals surface area (Å²) in [6.45, 7) is 7.58. The molecule has 0 spiro atoms. The molecule has 0 aliphatic heterocycles. The number of anilines is 1. The minimum Gasteiger partial charge on any atom is -0.490 e. The number of ketones is 1. The summed E-state index contributed by atoms with van der Waals surface area (Å²) < 4.78 is 5.55. The lowest BCUT2D eigenvalue weighted by atomic mass is 10.1. The molecule has 1 aromatic rings. The van der Waals surface area contributed by atoms with Gasteiger partial charge in [0.1, 0.15) is 25.0 Å². The van der Waals surface area contributed by atoms with E-state index < -0.39 is 6.10 Å². The largest absolute Gasteiger partial charge is 0.490 e. The maximum absolute atomic E-state index is 11.7. The molecule has 0 aliphatic rings. The fourth-order valence-electron chi connectivity index (χ4n) is 1.90. The zero-order valence-corrected chi connectivity index (χ0v) is 13.6. The summed E-state index contributed by atoms with van der Waals surface area (Å²) in [6, 6.07) is 5.27. The molecule has 4 N–H and O–H groups in total. The van der Waals surface area contributed by atoms with Gasteiger partial charge in [0.2, 0.25) is 5.91 Å². The highest BCUT2D eigenvalue weighted by molar-refractivity contribution is 5.99. The number of aliphatic hydroxyl groups is 1. The van der Waals surface area contributed by atoms with Crippen molar-refractivity contribution in [2.24, 2.45) is 0 Å². The van der Waals surface area contributed by atoms with E-state index in [9.17, 15) is 14.7 Å². The SMILES string of the molecule is CC(=O)Nc1ccc(OC[C@H](O)C[NH2+]C(C)C)c(C(C)=O)c1. The van der Waals surface area contributed by atoms with Gasteiger partial charge in [-0.05, 0) is 39.0 Å². The summed E-state index contributed by atoms with van der Waals surface area (Å²) >= 11 is 0. The number of quaternary nitrogens is 1. The number of nitrogens with two attached hydrogens (primary N) is 1. The summed E-state index contributed by atoms with van der Waals surface area (Å²) in [5.74, 6) is 0.0402. The number of ether oxygens (including phenoxy) is 1. The summed E-state index contributed by atoms with van der Waals surface area (Å²) in [5.41, 5.74) is 0.921. The number of carbonyl (C=O) groups is 2. The van der Waals surface area contributed by atoms with Gasteiger partial charge in [-0.2, -0.15) is 0 Å². The molecule has 0 heterocycles. The second-order valence-corrected chi connectivity index (χ2v) is 5.63. The number of benzene rings is 1. The quantitative estimate of drug-likeness (QED) is 0.612. The lowest BCUT2D eigenvalue weighted by Gasteiger charge is -2.15. The lowest BCUT2D eigenvalue weighted by molar-refractivity contribution is -0.688. The maximum atomic E-state index is 11.7. The third-order valence-electron chi connectivity index (χ3n) is 2.99. The molecular weight excluding hydrogens is 284 g/mol. The summed E-state index contributed by atoms with van der Waals surface area (Å²) in [6.07, 6.45) is -0.614. The number of Topliss-reactive ketones (excluding diaryl/α,β-unsaturated/α-hetero) is 1. The van der Waals surface area contributed by atoms with Crippen molar-refractivity contribution in [2.75, 3.05) is 18.5 Å². The van der Waals surface area contributed by atoms with Crippen LogP contribution in [0.2, 0.25) is 0 Å². The third kappa shape index (κ3) is 6.24. The molecule has 0 fully saturated rings. The number of nitrogens with one attached hydrogen (secondary N) is 1. The Labute approximate surface area is 130 Å². The van der Waals surface area contributed by atoms with Gasteiger partial charge in [0, 0.05) is 12.6 Å². The van der Waals surface area contributed by atoms with E-state index in [0.29, 0.717) is 29.6 Å². The second kappa shape index (κ2) is 8.51. The van der Waals surface area contributed by atoms with Gasteiger partial charge in [-0.1, -0.05) is 0 Å². The Morgan fingerprint density at radius 2 is 2.00 bits per heavy atom. The van der Waals surface area contributed by atoms with Crippen LogP contribution < -0.4 is 15.4 Å². The fraction of sp³-hybridized carbons (Fsp3) is 0.500. The van der Waals surface area contributed by atoms with E-state index in [1.807, 2.05) is 19.2 Å². The van der Waals surface area contributed by atoms with E-state index in [1.54, 1.807) is 18.2 Å². The number of aliphatic hydroxyl groups excluding tert-OH is 1. The van der Waals surface area contributed by atoms with Crippen LogP contribution in [0.25, 0.3) is 0 Å². The molecule has 1 amide bonds. The summed E-state index contributed by atoms with van der Waals surface area (Å²) in [7, 11) is 0. The Hall–Kier alpha value is -1.92. The first-order valence-electron chi connectivity index (χ1n) is 7.36. The lowest BCUT2D eigenvalue weighted by Crippen LogP contribution is -2.90. The third-order valence-corrected chi connectivity index (χ3v) is 2.99. The van der Waals surface area contributed by atoms with Gasteiger partial charge in [0.05, 0.1) is 11.6 Å². The van der Waals surface area contributed by atoms with Gasteiger partial charge >= 0.3 is 0 Å². The van der Waals surface area contributed by atoms with Gasteiger partial charge in [-0.3, -0.25) is 9.59 Å². The number of rotatable bonds is 8. The average molecular weight is 309 g/mol. The van der Waals surface area contributed by atoms with Crippen LogP contribution in [-0.4, -0.2) is 42.1 Å². The normalized spacial score (nSPS) is 12.1. The standard InChI is InChI=1S/C16H24N2O4/c1-10(2)17-8-14(21)9-22-16-6-5-13(18-12(4)20)7-15(16)11(3)19/h5-7,10,14,17,21H,8-9H2,1-4H3,(H,18,20)/p+1/t14-/m1/s1. The van der Waals surface area contributed by atoms with Gasteiger partial charge in [-0.15, -0.1) is 0 Å². The van der Waals surface area contributed by atoms with Crippen LogP contribution in [0.4, 0.5) is 5.69 Å². The van der Waals surface area contributed by atoms with Crippen molar-refractivity contribution >= 4 is 17.4 Å². The van der Waals surface area contributed by atoms with Crippen LogP contribution >= 0.6 is 0 Å². The summed E-state index contributed by atoms with van der Waals surface area (Å²) in [4.78, 5) is 22.8. The molecule has 0 saturated carbocycles. The van der Waals surface area contributed by atoms with E-state index in [1.165, 1.54) is 13.8 Å². The Bertz CT molecular complexity index is 529. The molecule has 6 heteroatoms. The van der Waals surface area contributed by atoms with Crippen molar-refractivity contribution in [3.8, 4) is 5.75 Å². The number of hydrogen-bond donors (Lipinski definition) is 3. The predicted molar refractivity (Wildman–Crippen MR) is 84.2 cm³/mol. The first kappa shape index (κ1) is 18.1. The Morgan fingerprint density at radius 1 is 1.32 bits per heavy atom. The Kier molecular flexibility index (Phi) is 7.01. The molecule has 0 bridgehead atoms. The Morgan fingerprint density at radius 3 is 2.55 bits per heavy atom. The highest BCUT2D eigenvalue weighted by atomic mass is 16.5. The molecule has 122 valence electrons. The molecule has 0 aromatic heterocycles. The van der Waals surface area contributed by atoms with E-state index >= 15 is 0 Å². The second-order valence-electron chi connectivity index (χ2n) is 5.63. The number of carbonyl (C=O) groups excluding carboxylic acids is 2. The molecule has 1 rings (SSSR count). The van der Waals surface area contributed by atoms with E-state index in [2.05, 4.69) is 5.32 Å². The zero-order valence-electron chi connectivity index (χ0n) is 13.6. The molecule has 0 aliphatic carbocycles. The number of amides is 1. The monoisotopic (exact) mass is 309 g/mol. The van der Waals surface area contributed by atoms with Crippen molar-refractivity contribution in [1.29, 1.82) is 0 Å². The maximum Gasteiger partial charge on any atom is 0.221 e. The van der Waals surface area contributed by atoms with E-state index in [0.717, 1.165) is 0 Å². The minimum atomic E-state index is -0.614. The average Bonchev–Trinajstić information content (AvgIpc) is 2.42. The molecule has 1 atom stereocenters. The number of hydrogen-bond acceptors (Lipinski definition) is 4. The zero-order chi connectivity index (χ0) is 16.7. The minimum absolute atomic E-state index is 0.114. The van der Waals surface area contributed by atoms with Gasteiger partial charge < -0.3 is 20.5 Å². The van der Waals surface area contributed by atoms with Crippen molar-refractivity contribution in [3.05, 3.63) is 23.8 Å². The topological polar surface area (TPSA) is 92.2 Å². The van der Waals surface area contributed by atoms with Gasteiger partial charge in [-0.25, -0.2) is 0 Å². The first-order chi connectivity index (χ1) is 10.3. The van der Waals surface area contributed by atoms with Crippen LogP contribution in [0.15, 0.2) is 18.2 Å². The first-order valence-corrected chi connectivity index (χ1v) is 7.36. The highest BCUT2D eigenvalue weighted by Gasteiger charge is 2.14. The highest BCUT2D eigenvalue weighted by Crippen LogP contribution is 2.23. The Balaban J connectivity index is 2.73.